The van der Waals surface area contributed by atoms with Crippen molar-refractivity contribution in [1.82, 2.24) is 4.90 Å². The highest BCUT2D eigenvalue weighted by Crippen LogP contribution is 2.26. The number of nitrogens with zero attached hydrogens (tertiary/aromatic N) is 1. The lowest BCUT2D eigenvalue weighted by molar-refractivity contribution is 0.139. The number of hydrogen-bond acceptors (Lipinski definition) is 2. The number of piperidine rings is 1. The van der Waals surface area contributed by atoms with Crippen molar-refractivity contribution in [2.45, 2.75) is 17.4 Å². The highest BCUT2D eigenvalue weighted by molar-refractivity contribution is 9.09. The second-order valence-electron chi connectivity index (χ2n) is 2.67. The SMILES string of the molecule is O=C1O[C@H]2CN1CC[C@H]2Br. The molecule has 2 saturated heterocycles. The van der Waals surface area contributed by atoms with E-state index >= 15 is 0 Å². The Morgan fingerprint density at radius 2 is 2.50 bits per heavy atom. The Labute approximate surface area is 67.5 Å². The quantitative estimate of drug-likeness (QED) is 0.552. The third kappa shape index (κ3) is 0.820. The average molecular weight is 206 g/mol. The van der Waals surface area contributed by atoms with Gasteiger partial charge in [0, 0.05) is 6.54 Å². The Bertz CT molecular complexity index is 173. The molecule has 0 aromatic carbocycles. The normalized spacial score (nSPS) is 38.1. The monoisotopic (exact) mass is 205 g/mol. The molecule has 3 nitrogen and oxygen atoms in total. The van der Waals surface area contributed by atoms with Crippen molar-refractivity contribution in [3.8, 4) is 0 Å². The molecule has 2 bridgehead atoms. The lowest BCUT2D eigenvalue weighted by Crippen LogP contribution is -2.36. The Hall–Kier alpha value is -0.250. The molecule has 2 aliphatic rings. The van der Waals surface area contributed by atoms with Crippen molar-refractivity contribution < 1.29 is 9.53 Å². The van der Waals surface area contributed by atoms with E-state index in [1.54, 1.807) is 4.90 Å². The molecule has 2 rings (SSSR count). The molecule has 0 aliphatic carbocycles. The van der Waals surface area contributed by atoms with Crippen LogP contribution in [0.4, 0.5) is 4.79 Å². The maximum absolute atomic E-state index is 10.9. The second-order valence-corrected chi connectivity index (χ2v) is 3.85. The minimum absolute atomic E-state index is 0.0984. The largest absolute Gasteiger partial charge is 0.443 e. The fourth-order valence-corrected chi connectivity index (χ4v) is 1.85. The zero-order chi connectivity index (χ0) is 7.14. The molecule has 2 atom stereocenters. The maximum atomic E-state index is 10.9. The number of rotatable bonds is 0. The van der Waals surface area contributed by atoms with E-state index in [4.69, 9.17) is 4.74 Å². The molecule has 0 radical (unpaired) electrons. The molecule has 0 unspecified atom stereocenters. The Kier molecular flexibility index (Phi) is 1.37. The van der Waals surface area contributed by atoms with Gasteiger partial charge in [-0.2, -0.15) is 0 Å². The molecular weight excluding hydrogens is 198 g/mol. The Morgan fingerprint density at radius 1 is 1.70 bits per heavy atom. The van der Waals surface area contributed by atoms with Gasteiger partial charge < -0.3 is 9.64 Å². The van der Waals surface area contributed by atoms with Crippen LogP contribution in [-0.2, 0) is 4.74 Å². The Morgan fingerprint density at radius 3 is 3.20 bits per heavy atom. The summed E-state index contributed by atoms with van der Waals surface area (Å²) < 4.78 is 5.04. The van der Waals surface area contributed by atoms with Gasteiger partial charge in [0.05, 0.1) is 11.4 Å². The molecule has 2 fully saturated rings. The summed E-state index contributed by atoms with van der Waals surface area (Å²) in [5, 5.41) is 0. The average Bonchev–Trinajstić information content (AvgIpc) is 2.21. The van der Waals surface area contributed by atoms with Crippen LogP contribution in [-0.4, -0.2) is 35.0 Å². The lowest BCUT2D eigenvalue weighted by atomic mass is 10.1. The van der Waals surface area contributed by atoms with Crippen molar-refractivity contribution >= 4 is 22.0 Å². The molecule has 2 aliphatic heterocycles. The number of carbonyl (C=O) groups is 1. The molecule has 0 N–H and O–H groups in total. The molecule has 56 valence electrons. The van der Waals surface area contributed by atoms with E-state index < -0.39 is 0 Å². The summed E-state index contributed by atoms with van der Waals surface area (Å²) in [7, 11) is 0. The van der Waals surface area contributed by atoms with Crippen LogP contribution in [0, 0.1) is 0 Å². The van der Waals surface area contributed by atoms with Gasteiger partial charge in [-0.25, -0.2) is 4.79 Å². The second kappa shape index (κ2) is 2.12. The predicted molar refractivity (Wildman–Crippen MR) is 39.2 cm³/mol. The third-order valence-electron chi connectivity index (χ3n) is 1.99. The van der Waals surface area contributed by atoms with Gasteiger partial charge >= 0.3 is 6.09 Å². The first-order valence-electron chi connectivity index (χ1n) is 3.37. The van der Waals surface area contributed by atoms with Crippen LogP contribution >= 0.6 is 15.9 Å². The van der Waals surface area contributed by atoms with E-state index in [1.807, 2.05) is 0 Å². The summed E-state index contributed by atoms with van der Waals surface area (Å²) in [5.41, 5.74) is 0. The van der Waals surface area contributed by atoms with E-state index in [-0.39, 0.29) is 12.2 Å². The summed E-state index contributed by atoms with van der Waals surface area (Å²) in [6.45, 7) is 1.61. The number of fused-ring (bicyclic) bond motifs is 2. The van der Waals surface area contributed by atoms with Crippen LogP contribution in [0.1, 0.15) is 6.42 Å². The van der Waals surface area contributed by atoms with Gasteiger partial charge in [0.15, 0.2) is 0 Å². The number of ether oxygens (including phenoxy) is 1. The van der Waals surface area contributed by atoms with Gasteiger partial charge in [-0.05, 0) is 6.42 Å². The van der Waals surface area contributed by atoms with Crippen LogP contribution in [0.25, 0.3) is 0 Å². The summed E-state index contributed by atoms with van der Waals surface area (Å²) in [6.07, 6.45) is 0.962. The highest BCUT2D eigenvalue weighted by atomic mass is 79.9. The first-order valence-corrected chi connectivity index (χ1v) is 4.28. The molecule has 0 spiro atoms. The standard InChI is InChI=1S/C6H8BrNO2/c7-4-1-2-8-3-5(4)10-6(8)9/h4-5H,1-3H2/t4-,5+/m1/s1. The van der Waals surface area contributed by atoms with Gasteiger partial charge in [0.2, 0.25) is 0 Å². The summed E-state index contributed by atoms with van der Waals surface area (Å²) in [6, 6.07) is 0. The number of carbonyl (C=O) groups excluding carboxylic acids is 1. The van der Waals surface area contributed by atoms with E-state index in [2.05, 4.69) is 15.9 Å². The van der Waals surface area contributed by atoms with Crippen molar-refractivity contribution in [2.24, 2.45) is 0 Å². The van der Waals surface area contributed by atoms with Gasteiger partial charge in [0.1, 0.15) is 6.10 Å². The van der Waals surface area contributed by atoms with Crippen LogP contribution in [0.2, 0.25) is 0 Å². The van der Waals surface area contributed by atoms with Crippen molar-refractivity contribution in [2.75, 3.05) is 13.1 Å². The lowest BCUT2D eigenvalue weighted by Gasteiger charge is -2.22. The van der Waals surface area contributed by atoms with E-state index in [1.165, 1.54) is 0 Å². The molecule has 4 heteroatoms. The first-order chi connectivity index (χ1) is 4.77. The minimum Gasteiger partial charge on any atom is -0.443 e. The van der Waals surface area contributed by atoms with Gasteiger partial charge in [-0.1, -0.05) is 15.9 Å². The van der Waals surface area contributed by atoms with Crippen LogP contribution in [0.3, 0.4) is 0 Å². The molecule has 0 aromatic rings. The first kappa shape index (κ1) is 6.46. The van der Waals surface area contributed by atoms with Gasteiger partial charge in [-0.3, -0.25) is 0 Å². The molecular formula is C6H8BrNO2. The fraction of sp³-hybridized carbons (Fsp3) is 0.833. The van der Waals surface area contributed by atoms with Crippen LogP contribution < -0.4 is 0 Å². The van der Waals surface area contributed by atoms with Crippen LogP contribution in [0.15, 0.2) is 0 Å². The minimum atomic E-state index is -0.146. The third-order valence-corrected chi connectivity index (χ3v) is 3.04. The summed E-state index contributed by atoms with van der Waals surface area (Å²) in [5.74, 6) is 0. The van der Waals surface area contributed by atoms with Crippen molar-refractivity contribution in [1.29, 1.82) is 0 Å². The number of halogens is 1. The highest BCUT2D eigenvalue weighted by Gasteiger charge is 2.39. The summed E-state index contributed by atoms with van der Waals surface area (Å²) in [4.78, 5) is 13.0. The molecule has 2 heterocycles. The zero-order valence-corrected chi connectivity index (χ0v) is 7.00. The van der Waals surface area contributed by atoms with Crippen molar-refractivity contribution in [3.05, 3.63) is 0 Å². The van der Waals surface area contributed by atoms with Crippen molar-refractivity contribution in [3.63, 3.8) is 0 Å². The van der Waals surface area contributed by atoms with E-state index in [0.717, 1.165) is 19.5 Å². The topological polar surface area (TPSA) is 29.5 Å². The fourth-order valence-electron chi connectivity index (χ4n) is 1.37. The molecule has 0 saturated carbocycles. The smallest absolute Gasteiger partial charge is 0.410 e. The molecule has 0 aromatic heterocycles. The predicted octanol–water partition coefficient (Wildman–Crippen LogP) is 0.974. The van der Waals surface area contributed by atoms with Crippen LogP contribution in [0.5, 0.6) is 0 Å². The number of alkyl halides is 1. The number of amides is 1. The Balaban J connectivity index is 2.15. The van der Waals surface area contributed by atoms with E-state index in [9.17, 15) is 4.79 Å². The summed E-state index contributed by atoms with van der Waals surface area (Å²) >= 11 is 3.47. The zero-order valence-electron chi connectivity index (χ0n) is 5.42. The number of hydrogen-bond donors (Lipinski definition) is 0. The molecule has 1 amide bonds. The van der Waals surface area contributed by atoms with Gasteiger partial charge in [-0.15, -0.1) is 0 Å². The molecule has 10 heavy (non-hydrogen) atoms. The van der Waals surface area contributed by atoms with E-state index in [0.29, 0.717) is 4.83 Å². The maximum Gasteiger partial charge on any atom is 0.410 e. The van der Waals surface area contributed by atoms with Gasteiger partial charge in [0.25, 0.3) is 0 Å².